The van der Waals surface area contributed by atoms with Gasteiger partial charge in [-0.15, -0.1) is 0 Å². The van der Waals surface area contributed by atoms with E-state index < -0.39 is 5.97 Å². The molecule has 0 heterocycles. The molecule has 0 atom stereocenters. The largest absolute Gasteiger partial charge is 0.478 e. The fraction of sp³-hybridized carbons (Fsp3) is 0.462. The average molecular weight is 234 g/mol. The number of hydrogen-bond acceptors (Lipinski definition) is 3. The summed E-state index contributed by atoms with van der Waals surface area (Å²) in [6.45, 7) is 0. The standard InChI is InChI=1S/C13H18N2O2/c14-12-7-6-10(8-11(12)13(16)17)15-9-4-2-1-3-5-9/h6-9,15H,1-5,14H2,(H,16,17). The molecule has 1 fully saturated rings. The third-order valence-corrected chi connectivity index (χ3v) is 3.26. The third-order valence-electron chi connectivity index (χ3n) is 3.26. The third kappa shape index (κ3) is 2.90. The zero-order valence-corrected chi connectivity index (χ0v) is 9.78. The molecule has 4 heteroatoms. The summed E-state index contributed by atoms with van der Waals surface area (Å²) in [4.78, 5) is 11.0. The minimum absolute atomic E-state index is 0.172. The van der Waals surface area contributed by atoms with Crippen molar-refractivity contribution in [2.45, 2.75) is 38.1 Å². The number of rotatable bonds is 3. The first kappa shape index (κ1) is 11.8. The highest BCUT2D eigenvalue weighted by atomic mass is 16.4. The quantitative estimate of drug-likeness (QED) is 0.703. The number of aromatic carboxylic acids is 1. The Kier molecular flexibility index (Phi) is 3.52. The van der Waals surface area contributed by atoms with Crippen LogP contribution in [-0.2, 0) is 0 Å². The summed E-state index contributed by atoms with van der Waals surface area (Å²) in [6, 6.07) is 5.58. The number of benzene rings is 1. The first-order chi connectivity index (χ1) is 8.16. The Balaban J connectivity index is 2.10. The van der Waals surface area contributed by atoms with Crippen LogP contribution in [0, 0.1) is 0 Å². The fourth-order valence-corrected chi connectivity index (χ4v) is 2.31. The summed E-state index contributed by atoms with van der Waals surface area (Å²) >= 11 is 0. The molecule has 92 valence electrons. The van der Waals surface area contributed by atoms with Crippen LogP contribution in [0.25, 0.3) is 0 Å². The Morgan fingerprint density at radius 1 is 1.29 bits per heavy atom. The molecule has 4 N–H and O–H groups in total. The Labute approximate surface area is 101 Å². The molecule has 0 aromatic heterocycles. The molecule has 0 bridgehead atoms. The number of nitrogens with two attached hydrogens (primary N) is 1. The van der Waals surface area contributed by atoms with Crippen LogP contribution in [0.1, 0.15) is 42.5 Å². The van der Waals surface area contributed by atoms with Crippen LogP contribution in [0.3, 0.4) is 0 Å². The van der Waals surface area contributed by atoms with Gasteiger partial charge in [-0.1, -0.05) is 19.3 Å². The molecule has 0 aliphatic heterocycles. The summed E-state index contributed by atoms with van der Waals surface area (Å²) in [6.07, 6.45) is 6.12. The van der Waals surface area contributed by atoms with Gasteiger partial charge in [-0.25, -0.2) is 4.79 Å². The molecule has 1 aromatic carbocycles. The lowest BCUT2D eigenvalue weighted by atomic mass is 9.95. The van der Waals surface area contributed by atoms with Crippen molar-refractivity contribution in [3.63, 3.8) is 0 Å². The van der Waals surface area contributed by atoms with Crippen molar-refractivity contribution < 1.29 is 9.90 Å². The summed E-state index contributed by atoms with van der Waals surface area (Å²) < 4.78 is 0. The zero-order valence-electron chi connectivity index (χ0n) is 9.78. The van der Waals surface area contributed by atoms with Crippen molar-refractivity contribution in [3.8, 4) is 0 Å². The van der Waals surface area contributed by atoms with E-state index in [1.165, 1.54) is 19.3 Å². The van der Waals surface area contributed by atoms with Gasteiger partial charge >= 0.3 is 5.97 Å². The van der Waals surface area contributed by atoms with Crippen molar-refractivity contribution in [1.82, 2.24) is 0 Å². The van der Waals surface area contributed by atoms with Crippen LogP contribution in [-0.4, -0.2) is 17.1 Å². The van der Waals surface area contributed by atoms with E-state index in [1.54, 1.807) is 12.1 Å². The predicted octanol–water partition coefficient (Wildman–Crippen LogP) is 2.71. The summed E-state index contributed by atoms with van der Waals surface area (Å²) in [5, 5.41) is 12.4. The predicted molar refractivity (Wildman–Crippen MR) is 68.3 cm³/mol. The van der Waals surface area contributed by atoms with E-state index in [-0.39, 0.29) is 5.56 Å². The van der Waals surface area contributed by atoms with E-state index in [0.29, 0.717) is 11.7 Å². The molecule has 0 saturated heterocycles. The maximum atomic E-state index is 11.0. The topological polar surface area (TPSA) is 75.3 Å². The maximum absolute atomic E-state index is 11.0. The lowest BCUT2D eigenvalue weighted by molar-refractivity contribution is 0.0698. The molecular formula is C13H18N2O2. The lowest BCUT2D eigenvalue weighted by Crippen LogP contribution is -2.22. The molecule has 1 aliphatic carbocycles. The lowest BCUT2D eigenvalue weighted by Gasteiger charge is -2.24. The van der Waals surface area contributed by atoms with Gasteiger partial charge < -0.3 is 16.2 Å². The monoisotopic (exact) mass is 234 g/mol. The van der Waals surface area contributed by atoms with E-state index >= 15 is 0 Å². The van der Waals surface area contributed by atoms with Gasteiger partial charge in [0, 0.05) is 17.4 Å². The molecule has 17 heavy (non-hydrogen) atoms. The first-order valence-electron chi connectivity index (χ1n) is 6.06. The van der Waals surface area contributed by atoms with Crippen LogP contribution in [0.15, 0.2) is 18.2 Å². The summed E-state index contributed by atoms with van der Waals surface area (Å²) in [5.41, 5.74) is 6.95. The Morgan fingerprint density at radius 2 is 2.00 bits per heavy atom. The van der Waals surface area contributed by atoms with E-state index in [2.05, 4.69) is 5.32 Å². The van der Waals surface area contributed by atoms with Crippen LogP contribution in [0.2, 0.25) is 0 Å². The van der Waals surface area contributed by atoms with Gasteiger partial charge in [0.05, 0.1) is 5.56 Å². The SMILES string of the molecule is Nc1ccc(NC2CCCCC2)cc1C(=O)O. The minimum atomic E-state index is -0.977. The number of nitrogens with one attached hydrogen (secondary N) is 1. The Hall–Kier alpha value is -1.71. The molecule has 2 rings (SSSR count). The number of nitrogen functional groups attached to an aromatic ring is 1. The smallest absolute Gasteiger partial charge is 0.337 e. The number of hydrogen-bond donors (Lipinski definition) is 3. The molecule has 4 nitrogen and oxygen atoms in total. The van der Waals surface area contributed by atoms with Crippen molar-refractivity contribution >= 4 is 17.3 Å². The van der Waals surface area contributed by atoms with Crippen LogP contribution < -0.4 is 11.1 Å². The average Bonchev–Trinajstić information content (AvgIpc) is 2.32. The van der Waals surface area contributed by atoms with Gasteiger partial charge in [0.25, 0.3) is 0 Å². The van der Waals surface area contributed by atoms with Gasteiger partial charge in [-0.3, -0.25) is 0 Å². The molecule has 0 amide bonds. The van der Waals surface area contributed by atoms with Gasteiger partial charge in [0.2, 0.25) is 0 Å². The summed E-state index contributed by atoms with van der Waals surface area (Å²) in [5.74, 6) is -0.977. The fourth-order valence-electron chi connectivity index (χ4n) is 2.31. The first-order valence-corrected chi connectivity index (χ1v) is 6.06. The van der Waals surface area contributed by atoms with Crippen molar-refractivity contribution in [3.05, 3.63) is 23.8 Å². The van der Waals surface area contributed by atoms with Crippen LogP contribution >= 0.6 is 0 Å². The normalized spacial score (nSPS) is 16.7. The Morgan fingerprint density at radius 3 is 2.65 bits per heavy atom. The van der Waals surface area contributed by atoms with Crippen molar-refractivity contribution in [2.75, 3.05) is 11.1 Å². The molecule has 1 aliphatic rings. The van der Waals surface area contributed by atoms with Crippen molar-refractivity contribution in [1.29, 1.82) is 0 Å². The molecular weight excluding hydrogens is 216 g/mol. The number of carbonyl (C=O) groups is 1. The number of carboxylic acids is 1. The van der Waals surface area contributed by atoms with E-state index in [4.69, 9.17) is 10.8 Å². The highest BCUT2D eigenvalue weighted by Gasteiger charge is 2.14. The second kappa shape index (κ2) is 5.08. The van der Waals surface area contributed by atoms with Gasteiger partial charge in [-0.05, 0) is 31.0 Å². The van der Waals surface area contributed by atoms with E-state index in [1.807, 2.05) is 6.07 Å². The number of anilines is 2. The highest BCUT2D eigenvalue weighted by Crippen LogP contribution is 2.23. The van der Waals surface area contributed by atoms with Crippen LogP contribution in [0.5, 0.6) is 0 Å². The van der Waals surface area contributed by atoms with Gasteiger partial charge in [0.15, 0.2) is 0 Å². The second-order valence-corrected chi connectivity index (χ2v) is 4.59. The number of carboxylic acid groups (broad SMARTS) is 1. The van der Waals surface area contributed by atoms with Gasteiger partial charge in [0.1, 0.15) is 0 Å². The minimum Gasteiger partial charge on any atom is -0.478 e. The summed E-state index contributed by atoms with van der Waals surface area (Å²) in [7, 11) is 0. The molecule has 1 saturated carbocycles. The molecule has 0 unspecified atom stereocenters. The maximum Gasteiger partial charge on any atom is 0.337 e. The zero-order chi connectivity index (χ0) is 12.3. The highest BCUT2D eigenvalue weighted by molar-refractivity contribution is 5.94. The molecule has 0 radical (unpaired) electrons. The van der Waals surface area contributed by atoms with Crippen molar-refractivity contribution in [2.24, 2.45) is 0 Å². The van der Waals surface area contributed by atoms with Crippen LogP contribution in [0.4, 0.5) is 11.4 Å². The van der Waals surface area contributed by atoms with E-state index in [9.17, 15) is 4.79 Å². The van der Waals surface area contributed by atoms with E-state index in [0.717, 1.165) is 18.5 Å². The second-order valence-electron chi connectivity index (χ2n) is 4.59. The Bertz CT molecular complexity index is 412. The molecule has 1 aromatic rings. The van der Waals surface area contributed by atoms with Gasteiger partial charge in [-0.2, -0.15) is 0 Å². The molecule has 0 spiro atoms.